The monoisotopic (exact) mass is 278 g/mol. The number of benzene rings is 1. The van der Waals surface area contributed by atoms with Crippen LogP contribution in [0.3, 0.4) is 0 Å². The second kappa shape index (κ2) is 5.74. The molecule has 0 atom stereocenters. The van der Waals surface area contributed by atoms with Gasteiger partial charge in [-0.3, -0.25) is 0 Å². The Hall–Kier alpha value is -1.35. The maximum Gasteiger partial charge on any atom is 0.240 e. The molecule has 0 heterocycles. The van der Waals surface area contributed by atoms with Gasteiger partial charge in [-0.15, -0.1) is 0 Å². The van der Waals surface area contributed by atoms with Crippen LogP contribution >= 0.6 is 0 Å². The van der Waals surface area contributed by atoms with E-state index in [2.05, 4.69) is 16.6 Å². The molecule has 0 aliphatic heterocycles. The van der Waals surface area contributed by atoms with Gasteiger partial charge in [0, 0.05) is 12.1 Å². The fourth-order valence-electron chi connectivity index (χ4n) is 1.75. The molecule has 0 radical (unpaired) electrons. The van der Waals surface area contributed by atoms with Gasteiger partial charge in [-0.1, -0.05) is 17.9 Å². The summed E-state index contributed by atoms with van der Waals surface area (Å²) in [4.78, 5) is 0.303. The summed E-state index contributed by atoms with van der Waals surface area (Å²) in [5.41, 5.74) is 6.71. The van der Waals surface area contributed by atoms with E-state index in [0.717, 1.165) is 18.4 Å². The van der Waals surface area contributed by atoms with Crippen LogP contribution in [0, 0.1) is 24.7 Å². The van der Waals surface area contributed by atoms with E-state index in [0.29, 0.717) is 22.9 Å². The summed E-state index contributed by atoms with van der Waals surface area (Å²) in [6.07, 6.45) is 2.23. The van der Waals surface area contributed by atoms with E-state index in [9.17, 15) is 8.42 Å². The SMILES string of the molecule is Cc1ccc(C#CCN)cc1S(=O)(=O)NCC1CC1. The Balaban J connectivity index is 2.25. The molecule has 2 rings (SSSR count). The smallest absolute Gasteiger partial charge is 0.240 e. The first-order valence-electron chi connectivity index (χ1n) is 6.32. The molecule has 102 valence electrons. The molecule has 0 spiro atoms. The Morgan fingerprint density at radius 3 is 2.79 bits per heavy atom. The zero-order valence-corrected chi connectivity index (χ0v) is 11.8. The van der Waals surface area contributed by atoms with Gasteiger partial charge in [0.05, 0.1) is 11.4 Å². The van der Waals surface area contributed by atoms with Crippen LogP contribution in [0.2, 0.25) is 0 Å². The summed E-state index contributed by atoms with van der Waals surface area (Å²) in [6.45, 7) is 2.57. The maximum atomic E-state index is 12.2. The number of hydrogen-bond donors (Lipinski definition) is 2. The van der Waals surface area contributed by atoms with Gasteiger partial charge in [0.15, 0.2) is 0 Å². The average molecular weight is 278 g/mol. The van der Waals surface area contributed by atoms with Crippen molar-refractivity contribution in [1.82, 2.24) is 4.72 Å². The summed E-state index contributed by atoms with van der Waals surface area (Å²) >= 11 is 0. The van der Waals surface area contributed by atoms with Crippen molar-refractivity contribution in [2.45, 2.75) is 24.7 Å². The first-order valence-corrected chi connectivity index (χ1v) is 7.80. The Morgan fingerprint density at radius 2 is 2.16 bits per heavy atom. The van der Waals surface area contributed by atoms with Crippen LogP contribution < -0.4 is 10.5 Å². The van der Waals surface area contributed by atoms with E-state index in [1.165, 1.54) is 0 Å². The highest BCUT2D eigenvalue weighted by Gasteiger charge is 2.25. The van der Waals surface area contributed by atoms with Crippen LogP contribution in [0.1, 0.15) is 24.0 Å². The van der Waals surface area contributed by atoms with Crippen LogP contribution in [0.25, 0.3) is 0 Å². The number of aryl methyl sites for hydroxylation is 1. The summed E-state index contributed by atoms with van der Waals surface area (Å²) in [6, 6.07) is 5.18. The predicted octanol–water partition coefficient (Wildman–Crippen LogP) is 0.994. The molecule has 1 aromatic carbocycles. The maximum absolute atomic E-state index is 12.2. The van der Waals surface area contributed by atoms with Gasteiger partial charge in [-0.2, -0.15) is 0 Å². The van der Waals surface area contributed by atoms with E-state index < -0.39 is 10.0 Å². The number of rotatable bonds is 4. The molecule has 1 saturated carbocycles. The molecule has 5 heteroatoms. The summed E-state index contributed by atoms with van der Waals surface area (Å²) in [5, 5.41) is 0. The molecule has 0 saturated heterocycles. The third-order valence-electron chi connectivity index (χ3n) is 3.07. The average Bonchev–Trinajstić information content (AvgIpc) is 3.19. The summed E-state index contributed by atoms with van der Waals surface area (Å²) in [5.74, 6) is 6.09. The molecular weight excluding hydrogens is 260 g/mol. The highest BCUT2D eigenvalue weighted by Crippen LogP contribution is 2.28. The fourth-order valence-corrected chi connectivity index (χ4v) is 3.13. The quantitative estimate of drug-likeness (QED) is 0.807. The molecule has 0 aromatic heterocycles. The molecule has 3 N–H and O–H groups in total. The van der Waals surface area contributed by atoms with Gasteiger partial charge in [0.1, 0.15) is 0 Å². The number of hydrogen-bond acceptors (Lipinski definition) is 3. The van der Waals surface area contributed by atoms with E-state index in [1.807, 2.05) is 0 Å². The van der Waals surface area contributed by atoms with Gasteiger partial charge < -0.3 is 5.73 Å². The van der Waals surface area contributed by atoms with Gasteiger partial charge in [-0.05, 0) is 43.4 Å². The topological polar surface area (TPSA) is 72.2 Å². The summed E-state index contributed by atoms with van der Waals surface area (Å²) < 4.78 is 27.1. The lowest BCUT2D eigenvalue weighted by Gasteiger charge is -2.09. The van der Waals surface area contributed by atoms with Crippen molar-refractivity contribution in [2.24, 2.45) is 11.7 Å². The van der Waals surface area contributed by atoms with Crippen molar-refractivity contribution < 1.29 is 8.42 Å². The van der Waals surface area contributed by atoms with E-state index in [-0.39, 0.29) is 6.54 Å². The van der Waals surface area contributed by atoms with Gasteiger partial charge >= 0.3 is 0 Å². The van der Waals surface area contributed by atoms with Crippen molar-refractivity contribution in [3.63, 3.8) is 0 Å². The van der Waals surface area contributed by atoms with E-state index in [1.54, 1.807) is 25.1 Å². The highest BCUT2D eigenvalue weighted by molar-refractivity contribution is 7.89. The van der Waals surface area contributed by atoms with E-state index in [4.69, 9.17) is 5.73 Å². The standard InChI is InChI=1S/C14H18N2O2S/c1-11-4-5-12(3-2-8-15)9-14(11)19(17,18)16-10-13-6-7-13/h4-5,9,13,16H,6-8,10,15H2,1H3. The van der Waals surface area contributed by atoms with Gasteiger partial charge in [-0.25, -0.2) is 13.1 Å². The van der Waals surface area contributed by atoms with Crippen LogP contribution in [0.5, 0.6) is 0 Å². The Morgan fingerprint density at radius 1 is 1.42 bits per heavy atom. The molecular formula is C14H18N2O2S. The molecule has 1 aliphatic rings. The predicted molar refractivity (Wildman–Crippen MR) is 75.0 cm³/mol. The molecule has 4 nitrogen and oxygen atoms in total. The fraction of sp³-hybridized carbons (Fsp3) is 0.429. The lowest BCUT2D eigenvalue weighted by Crippen LogP contribution is -2.26. The van der Waals surface area contributed by atoms with Crippen molar-refractivity contribution in [2.75, 3.05) is 13.1 Å². The highest BCUT2D eigenvalue weighted by atomic mass is 32.2. The number of nitrogens with two attached hydrogens (primary N) is 1. The second-order valence-corrected chi connectivity index (χ2v) is 6.52. The minimum atomic E-state index is -3.44. The third kappa shape index (κ3) is 3.80. The molecule has 0 bridgehead atoms. The minimum absolute atomic E-state index is 0.260. The lowest BCUT2D eigenvalue weighted by molar-refractivity contribution is 0.577. The second-order valence-electron chi connectivity index (χ2n) is 4.78. The number of sulfonamides is 1. The van der Waals surface area contributed by atoms with Crippen LogP contribution in [0.15, 0.2) is 23.1 Å². The zero-order valence-electron chi connectivity index (χ0n) is 10.9. The molecule has 1 fully saturated rings. The Bertz CT molecular complexity index is 623. The van der Waals surface area contributed by atoms with E-state index >= 15 is 0 Å². The third-order valence-corrected chi connectivity index (χ3v) is 4.64. The molecule has 0 amide bonds. The first-order chi connectivity index (χ1) is 9.03. The van der Waals surface area contributed by atoms with Crippen LogP contribution in [0.4, 0.5) is 0 Å². The van der Waals surface area contributed by atoms with Gasteiger partial charge in [0.25, 0.3) is 0 Å². The largest absolute Gasteiger partial charge is 0.320 e. The molecule has 19 heavy (non-hydrogen) atoms. The Kier molecular flexibility index (Phi) is 4.25. The van der Waals surface area contributed by atoms with Crippen molar-refractivity contribution >= 4 is 10.0 Å². The van der Waals surface area contributed by atoms with Gasteiger partial charge in [0.2, 0.25) is 10.0 Å². The van der Waals surface area contributed by atoms with Crippen molar-refractivity contribution in [3.05, 3.63) is 29.3 Å². The van der Waals surface area contributed by atoms with Crippen LogP contribution in [-0.4, -0.2) is 21.5 Å². The number of nitrogens with one attached hydrogen (secondary N) is 1. The molecule has 1 aromatic rings. The van der Waals surface area contributed by atoms with Crippen LogP contribution in [-0.2, 0) is 10.0 Å². The van der Waals surface area contributed by atoms with Crippen molar-refractivity contribution in [3.8, 4) is 11.8 Å². The lowest BCUT2D eigenvalue weighted by atomic mass is 10.1. The zero-order chi connectivity index (χ0) is 13.9. The first kappa shape index (κ1) is 14.1. The van der Waals surface area contributed by atoms with Crippen molar-refractivity contribution in [1.29, 1.82) is 0 Å². The normalized spacial score (nSPS) is 14.8. The molecule has 1 aliphatic carbocycles. The minimum Gasteiger partial charge on any atom is -0.320 e. The Labute approximate surface area is 114 Å². The molecule has 0 unspecified atom stereocenters. The summed E-state index contributed by atoms with van der Waals surface area (Å²) in [7, 11) is -3.44.